The van der Waals surface area contributed by atoms with Crippen LogP contribution in [0.15, 0.2) is 24.5 Å². The molecule has 1 saturated carbocycles. The summed E-state index contributed by atoms with van der Waals surface area (Å²) in [5, 5.41) is 2.67. The number of rotatable bonds is 2. The van der Waals surface area contributed by atoms with Crippen LogP contribution in [0.2, 0.25) is 0 Å². The first kappa shape index (κ1) is 13.8. The van der Waals surface area contributed by atoms with E-state index in [0.717, 1.165) is 0 Å². The molecule has 0 spiro atoms. The summed E-state index contributed by atoms with van der Waals surface area (Å²) in [5.41, 5.74) is 0.420. The van der Waals surface area contributed by atoms with E-state index in [1.165, 1.54) is 12.4 Å². The van der Waals surface area contributed by atoms with Crippen LogP contribution < -0.4 is 5.32 Å². The standard InChI is InChI=1S/C13H15F3N2O/c14-13(15,16)10-2-1-3-11(8-10)18-12(19)9-4-6-17-7-5-9/h4-7,10-11H,1-3,8H2,(H,18,19)/t10-,11+/m1/s1. The second-order valence-corrected chi connectivity index (χ2v) is 4.81. The maximum Gasteiger partial charge on any atom is 0.391 e. The van der Waals surface area contributed by atoms with Crippen molar-refractivity contribution >= 4 is 5.91 Å². The van der Waals surface area contributed by atoms with Gasteiger partial charge in [0, 0.05) is 24.0 Å². The summed E-state index contributed by atoms with van der Waals surface area (Å²) in [6.45, 7) is 0. The first-order valence-electron chi connectivity index (χ1n) is 6.24. The van der Waals surface area contributed by atoms with Crippen LogP contribution in [0, 0.1) is 5.92 Å². The van der Waals surface area contributed by atoms with Crippen LogP contribution in [-0.2, 0) is 0 Å². The molecule has 1 amide bonds. The van der Waals surface area contributed by atoms with Crippen molar-refractivity contribution in [2.24, 2.45) is 5.92 Å². The molecule has 1 fully saturated rings. The molecule has 6 heteroatoms. The summed E-state index contributed by atoms with van der Waals surface area (Å²) in [4.78, 5) is 15.6. The molecule has 1 aromatic rings. The Morgan fingerprint density at radius 3 is 2.58 bits per heavy atom. The van der Waals surface area contributed by atoms with Gasteiger partial charge in [-0.25, -0.2) is 0 Å². The minimum atomic E-state index is -4.17. The van der Waals surface area contributed by atoms with Crippen LogP contribution in [0.4, 0.5) is 13.2 Å². The minimum Gasteiger partial charge on any atom is -0.349 e. The third-order valence-electron chi connectivity index (χ3n) is 3.41. The number of nitrogens with zero attached hydrogens (tertiary/aromatic N) is 1. The summed E-state index contributed by atoms with van der Waals surface area (Å²) >= 11 is 0. The van der Waals surface area contributed by atoms with Gasteiger partial charge in [-0.2, -0.15) is 13.2 Å². The van der Waals surface area contributed by atoms with Gasteiger partial charge in [0.1, 0.15) is 0 Å². The van der Waals surface area contributed by atoms with E-state index in [2.05, 4.69) is 10.3 Å². The van der Waals surface area contributed by atoms with E-state index < -0.39 is 18.1 Å². The zero-order valence-electron chi connectivity index (χ0n) is 10.3. The Labute approximate surface area is 109 Å². The Bertz CT molecular complexity index is 433. The van der Waals surface area contributed by atoms with Gasteiger partial charge >= 0.3 is 6.18 Å². The lowest BCUT2D eigenvalue weighted by Crippen LogP contribution is -2.41. The monoisotopic (exact) mass is 272 g/mol. The highest BCUT2D eigenvalue weighted by Crippen LogP contribution is 2.37. The molecule has 2 rings (SSSR count). The topological polar surface area (TPSA) is 42.0 Å². The highest BCUT2D eigenvalue weighted by molar-refractivity contribution is 5.94. The van der Waals surface area contributed by atoms with Gasteiger partial charge in [-0.15, -0.1) is 0 Å². The molecule has 2 atom stereocenters. The number of carbonyl (C=O) groups is 1. The highest BCUT2D eigenvalue weighted by atomic mass is 19.4. The van der Waals surface area contributed by atoms with Gasteiger partial charge in [-0.3, -0.25) is 9.78 Å². The third kappa shape index (κ3) is 3.68. The van der Waals surface area contributed by atoms with E-state index in [1.807, 2.05) is 0 Å². The zero-order valence-corrected chi connectivity index (χ0v) is 10.3. The number of nitrogens with one attached hydrogen (secondary N) is 1. The number of hydrogen-bond donors (Lipinski definition) is 1. The molecule has 3 nitrogen and oxygen atoms in total. The van der Waals surface area contributed by atoms with E-state index in [0.29, 0.717) is 18.4 Å². The van der Waals surface area contributed by atoms with Gasteiger partial charge in [0.05, 0.1) is 5.92 Å². The molecule has 1 N–H and O–H groups in total. The average Bonchev–Trinajstić information content (AvgIpc) is 2.39. The lowest BCUT2D eigenvalue weighted by Gasteiger charge is -2.31. The van der Waals surface area contributed by atoms with Crippen molar-refractivity contribution in [3.63, 3.8) is 0 Å². The fourth-order valence-electron chi connectivity index (χ4n) is 2.39. The summed E-state index contributed by atoms with van der Waals surface area (Å²) in [6.07, 6.45) is 0.0169. The van der Waals surface area contributed by atoms with Crippen LogP contribution >= 0.6 is 0 Å². The summed E-state index contributed by atoms with van der Waals surface area (Å²) < 4.78 is 38.0. The molecular formula is C13H15F3N2O. The fourth-order valence-corrected chi connectivity index (χ4v) is 2.39. The van der Waals surface area contributed by atoms with E-state index in [4.69, 9.17) is 0 Å². The first-order valence-corrected chi connectivity index (χ1v) is 6.24. The maximum atomic E-state index is 12.7. The quantitative estimate of drug-likeness (QED) is 0.899. The van der Waals surface area contributed by atoms with E-state index >= 15 is 0 Å². The molecular weight excluding hydrogens is 257 g/mol. The summed E-state index contributed by atoms with van der Waals surface area (Å²) in [6, 6.07) is 2.68. The van der Waals surface area contributed by atoms with Crippen molar-refractivity contribution in [3.8, 4) is 0 Å². The predicted octanol–water partition coefficient (Wildman–Crippen LogP) is 2.93. The SMILES string of the molecule is O=C(N[C@H]1CCC[C@@H](C(F)(F)F)C1)c1ccncc1. The fraction of sp³-hybridized carbons (Fsp3) is 0.538. The predicted molar refractivity (Wildman–Crippen MR) is 63.5 cm³/mol. The smallest absolute Gasteiger partial charge is 0.349 e. The average molecular weight is 272 g/mol. The number of carbonyl (C=O) groups excluding carboxylic acids is 1. The Morgan fingerprint density at radius 1 is 1.26 bits per heavy atom. The van der Waals surface area contributed by atoms with Crippen molar-refractivity contribution in [1.82, 2.24) is 10.3 Å². The number of amides is 1. The van der Waals surface area contributed by atoms with Gasteiger partial charge in [0.2, 0.25) is 0 Å². The van der Waals surface area contributed by atoms with Crippen LogP contribution in [-0.4, -0.2) is 23.1 Å². The van der Waals surface area contributed by atoms with Crippen molar-refractivity contribution in [1.29, 1.82) is 0 Å². The number of halogens is 3. The molecule has 1 aliphatic carbocycles. The van der Waals surface area contributed by atoms with E-state index in [-0.39, 0.29) is 18.7 Å². The highest BCUT2D eigenvalue weighted by Gasteiger charge is 2.42. The Balaban J connectivity index is 1.94. The summed E-state index contributed by atoms with van der Waals surface area (Å²) in [7, 11) is 0. The molecule has 0 aromatic carbocycles. The Morgan fingerprint density at radius 2 is 1.95 bits per heavy atom. The molecule has 1 heterocycles. The van der Waals surface area contributed by atoms with Gasteiger partial charge in [-0.05, 0) is 31.4 Å². The molecule has 0 saturated heterocycles. The zero-order chi connectivity index (χ0) is 13.9. The van der Waals surface area contributed by atoms with Crippen molar-refractivity contribution in [2.45, 2.75) is 37.9 Å². The molecule has 1 aromatic heterocycles. The van der Waals surface area contributed by atoms with Crippen molar-refractivity contribution in [2.75, 3.05) is 0 Å². The second-order valence-electron chi connectivity index (χ2n) is 4.81. The number of aromatic nitrogens is 1. The molecule has 0 radical (unpaired) electrons. The third-order valence-corrected chi connectivity index (χ3v) is 3.41. The minimum absolute atomic E-state index is 0.0275. The van der Waals surface area contributed by atoms with Gasteiger partial charge in [0.15, 0.2) is 0 Å². The van der Waals surface area contributed by atoms with Crippen molar-refractivity contribution < 1.29 is 18.0 Å². The van der Waals surface area contributed by atoms with Crippen molar-refractivity contribution in [3.05, 3.63) is 30.1 Å². The van der Waals surface area contributed by atoms with Gasteiger partial charge in [-0.1, -0.05) is 6.42 Å². The van der Waals surface area contributed by atoms with Crippen LogP contribution in [0.25, 0.3) is 0 Å². The molecule has 0 bridgehead atoms. The normalized spacial score (nSPS) is 23.9. The maximum absolute atomic E-state index is 12.7. The van der Waals surface area contributed by atoms with Crippen LogP contribution in [0.5, 0.6) is 0 Å². The van der Waals surface area contributed by atoms with E-state index in [9.17, 15) is 18.0 Å². The molecule has 19 heavy (non-hydrogen) atoms. The second kappa shape index (κ2) is 5.59. The van der Waals surface area contributed by atoms with Crippen LogP contribution in [0.3, 0.4) is 0 Å². The van der Waals surface area contributed by atoms with E-state index in [1.54, 1.807) is 12.1 Å². The number of alkyl halides is 3. The van der Waals surface area contributed by atoms with Gasteiger partial charge < -0.3 is 5.32 Å². The molecule has 0 aliphatic heterocycles. The number of hydrogen-bond acceptors (Lipinski definition) is 2. The largest absolute Gasteiger partial charge is 0.391 e. The molecule has 0 unspecified atom stereocenters. The molecule has 104 valence electrons. The number of pyridine rings is 1. The lowest BCUT2D eigenvalue weighted by molar-refractivity contribution is -0.183. The lowest BCUT2D eigenvalue weighted by atomic mass is 9.85. The summed E-state index contributed by atoms with van der Waals surface area (Å²) in [5.74, 6) is -1.64. The Kier molecular flexibility index (Phi) is 4.07. The first-order chi connectivity index (χ1) is 8.97. The van der Waals surface area contributed by atoms with Gasteiger partial charge in [0.25, 0.3) is 5.91 Å². The molecule has 1 aliphatic rings. The van der Waals surface area contributed by atoms with Crippen LogP contribution in [0.1, 0.15) is 36.0 Å². The Hall–Kier alpha value is -1.59.